The molecule has 0 radical (unpaired) electrons. The Kier molecular flexibility index (Phi) is 3.55. The van der Waals surface area contributed by atoms with Gasteiger partial charge in [0.2, 0.25) is 0 Å². The van der Waals surface area contributed by atoms with Crippen LogP contribution in [0.25, 0.3) is 0 Å². The second kappa shape index (κ2) is 4.39. The molecule has 0 saturated heterocycles. The van der Waals surface area contributed by atoms with Gasteiger partial charge in [-0.1, -0.05) is 12.1 Å². The first kappa shape index (κ1) is 12.9. The molecule has 0 unspecified atom stereocenters. The van der Waals surface area contributed by atoms with Crippen LogP contribution in [0.1, 0.15) is 18.4 Å². The van der Waals surface area contributed by atoms with E-state index in [-0.39, 0.29) is 18.4 Å². The summed E-state index contributed by atoms with van der Waals surface area (Å²) in [7, 11) is 0. The van der Waals surface area contributed by atoms with Gasteiger partial charge in [-0.2, -0.15) is 0 Å². The van der Waals surface area contributed by atoms with E-state index in [0.29, 0.717) is 18.4 Å². The fraction of sp³-hybridized carbons (Fsp3) is 0.364. The van der Waals surface area contributed by atoms with E-state index in [1.165, 1.54) is 18.2 Å². The van der Waals surface area contributed by atoms with Gasteiger partial charge in [-0.15, -0.1) is 12.4 Å². The third-order valence-electron chi connectivity index (χ3n) is 3.01. The standard InChI is InChI=1S/C11H12FNO2.ClH/c12-8-3-1-2-7(4-8)11(10(14)15)5-9(13)6-11;/h1-4,9H,5-6,13H2,(H,14,15);1H. The van der Waals surface area contributed by atoms with E-state index < -0.39 is 17.2 Å². The van der Waals surface area contributed by atoms with Gasteiger partial charge in [-0.25, -0.2) is 4.39 Å². The number of rotatable bonds is 2. The van der Waals surface area contributed by atoms with Crippen molar-refractivity contribution in [3.05, 3.63) is 35.6 Å². The zero-order valence-corrected chi connectivity index (χ0v) is 9.34. The number of nitrogens with two attached hydrogens (primary N) is 1. The molecule has 0 atom stereocenters. The Morgan fingerprint density at radius 2 is 2.12 bits per heavy atom. The monoisotopic (exact) mass is 245 g/mol. The molecule has 0 spiro atoms. The molecule has 0 aromatic heterocycles. The number of benzene rings is 1. The molecule has 0 bridgehead atoms. The third kappa shape index (κ3) is 1.90. The first-order chi connectivity index (χ1) is 7.04. The Morgan fingerprint density at radius 3 is 2.56 bits per heavy atom. The van der Waals surface area contributed by atoms with Crippen molar-refractivity contribution in [2.24, 2.45) is 5.73 Å². The zero-order valence-electron chi connectivity index (χ0n) is 8.52. The summed E-state index contributed by atoms with van der Waals surface area (Å²) in [6.07, 6.45) is 0.761. The molecule has 1 aliphatic rings. The van der Waals surface area contributed by atoms with E-state index in [1.54, 1.807) is 6.07 Å². The molecule has 0 heterocycles. The third-order valence-corrected chi connectivity index (χ3v) is 3.01. The van der Waals surface area contributed by atoms with E-state index in [1.807, 2.05) is 0 Å². The molecule has 1 aliphatic carbocycles. The fourth-order valence-corrected chi connectivity index (χ4v) is 2.16. The lowest BCUT2D eigenvalue weighted by atomic mass is 9.62. The normalized spacial score (nSPS) is 27.8. The first-order valence-corrected chi connectivity index (χ1v) is 4.80. The highest BCUT2D eigenvalue weighted by atomic mass is 35.5. The van der Waals surface area contributed by atoms with E-state index in [9.17, 15) is 9.18 Å². The van der Waals surface area contributed by atoms with Crippen LogP contribution in [0, 0.1) is 5.82 Å². The van der Waals surface area contributed by atoms with Crippen LogP contribution in [0.2, 0.25) is 0 Å². The summed E-state index contributed by atoms with van der Waals surface area (Å²) < 4.78 is 13.0. The average molecular weight is 246 g/mol. The summed E-state index contributed by atoms with van der Waals surface area (Å²) in [4.78, 5) is 11.2. The van der Waals surface area contributed by atoms with Crippen molar-refractivity contribution in [2.45, 2.75) is 24.3 Å². The molecule has 0 amide bonds. The Labute approximate surface area is 98.9 Å². The Bertz CT molecular complexity index is 405. The van der Waals surface area contributed by atoms with Crippen LogP contribution in [0.15, 0.2) is 24.3 Å². The van der Waals surface area contributed by atoms with Gasteiger partial charge in [0.25, 0.3) is 0 Å². The van der Waals surface area contributed by atoms with Crippen molar-refractivity contribution in [2.75, 3.05) is 0 Å². The molecule has 0 aliphatic heterocycles. The lowest BCUT2D eigenvalue weighted by molar-refractivity contribution is -0.148. The van der Waals surface area contributed by atoms with Crippen LogP contribution in [0.3, 0.4) is 0 Å². The zero-order chi connectivity index (χ0) is 11.1. The number of aliphatic carboxylic acids is 1. The van der Waals surface area contributed by atoms with Crippen LogP contribution in [-0.4, -0.2) is 17.1 Å². The van der Waals surface area contributed by atoms with Crippen LogP contribution in [-0.2, 0) is 10.2 Å². The smallest absolute Gasteiger partial charge is 0.314 e. The lowest BCUT2D eigenvalue weighted by Crippen LogP contribution is -2.54. The van der Waals surface area contributed by atoms with Crippen LogP contribution in [0.5, 0.6) is 0 Å². The summed E-state index contributed by atoms with van der Waals surface area (Å²) in [5, 5.41) is 9.17. The SMILES string of the molecule is Cl.NC1CC(C(=O)O)(c2cccc(F)c2)C1. The van der Waals surface area contributed by atoms with Crippen LogP contribution < -0.4 is 5.73 Å². The number of carbonyl (C=O) groups is 1. The molecule has 2 rings (SSSR count). The van der Waals surface area contributed by atoms with Gasteiger partial charge in [-0.05, 0) is 30.5 Å². The molecule has 1 aromatic rings. The molecule has 1 saturated carbocycles. The van der Waals surface area contributed by atoms with Gasteiger partial charge in [0.05, 0.1) is 5.41 Å². The van der Waals surface area contributed by atoms with E-state index in [2.05, 4.69) is 0 Å². The highest BCUT2D eigenvalue weighted by molar-refractivity contribution is 5.85. The predicted molar refractivity (Wildman–Crippen MR) is 60.2 cm³/mol. The summed E-state index contributed by atoms with van der Waals surface area (Å²) >= 11 is 0. The molecule has 5 heteroatoms. The number of carboxylic acids is 1. The van der Waals surface area contributed by atoms with Crippen molar-refractivity contribution < 1.29 is 14.3 Å². The van der Waals surface area contributed by atoms with Gasteiger partial charge in [0, 0.05) is 6.04 Å². The maximum Gasteiger partial charge on any atom is 0.314 e. The Balaban J connectivity index is 0.00000128. The lowest BCUT2D eigenvalue weighted by Gasteiger charge is -2.42. The molecule has 1 fully saturated rings. The highest BCUT2D eigenvalue weighted by Crippen LogP contribution is 2.43. The first-order valence-electron chi connectivity index (χ1n) is 4.80. The van der Waals surface area contributed by atoms with E-state index in [0.717, 1.165) is 0 Å². The summed E-state index contributed by atoms with van der Waals surface area (Å²) in [5.41, 5.74) is 5.15. The topological polar surface area (TPSA) is 63.3 Å². The minimum Gasteiger partial charge on any atom is -0.481 e. The van der Waals surface area contributed by atoms with Crippen molar-refractivity contribution in [3.8, 4) is 0 Å². The maximum absolute atomic E-state index is 13.0. The quantitative estimate of drug-likeness (QED) is 0.834. The predicted octanol–water partition coefficient (Wildman–Crippen LogP) is 1.69. The van der Waals surface area contributed by atoms with Crippen LogP contribution >= 0.6 is 12.4 Å². The fourth-order valence-electron chi connectivity index (χ4n) is 2.16. The second-order valence-corrected chi connectivity index (χ2v) is 4.07. The number of carboxylic acid groups (broad SMARTS) is 1. The minimum atomic E-state index is -0.971. The Hall–Kier alpha value is -1.13. The summed E-state index contributed by atoms with van der Waals surface area (Å²) in [6, 6.07) is 5.66. The van der Waals surface area contributed by atoms with Crippen LogP contribution in [0.4, 0.5) is 4.39 Å². The highest BCUT2D eigenvalue weighted by Gasteiger charge is 2.50. The summed E-state index contributed by atoms with van der Waals surface area (Å²) in [5.74, 6) is -1.33. The number of halogens is 2. The molecular weight excluding hydrogens is 233 g/mol. The van der Waals surface area contributed by atoms with Crippen molar-refractivity contribution in [1.29, 1.82) is 0 Å². The van der Waals surface area contributed by atoms with Gasteiger partial charge in [0.15, 0.2) is 0 Å². The number of hydrogen-bond donors (Lipinski definition) is 2. The van der Waals surface area contributed by atoms with Crippen molar-refractivity contribution in [1.82, 2.24) is 0 Å². The van der Waals surface area contributed by atoms with Gasteiger partial charge < -0.3 is 10.8 Å². The molecule has 3 N–H and O–H groups in total. The van der Waals surface area contributed by atoms with Crippen molar-refractivity contribution in [3.63, 3.8) is 0 Å². The second-order valence-electron chi connectivity index (χ2n) is 4.07. The van der Waals surface area contributed by atoms with E-state index >= 15 is 0 Å². The van der Waals surface area contributed by atoms with Gasteiger partial charge in [-0.3, -0.25) is 4.79 Å². The van der Waals surface area contributed by atoms with E-state index in [4.69, 9.17) is 10.8 Å². The molecule has 1 aromatic carbocycles. The minimum absolute atomic E-state index is 0. The number of hydrogen-bond acceptors (Lipinski definition) is 2. The van der Waals surface area contributed by atoms with Gasteiger partial charge in [0.1, 0.15) is 5.82 Å². The Morgan fingerprint density at radius 1 is 1.50 bits per heavy atom. The molecule has 16 heavy (non-hydrogen) atoms. The molecular formula is C11H13ClFNO2. The maximum atomic E-state index is 13.0. The average Bonchev–Trinajstić information content (AvgIpc) is 2.12. The molecule has 3 nitrogen and oxygen atoms in total. The van der Waals surface area contributed by atoms with Gasteiger partial charge >= 0.3 is 5.97 Å². The largest absolute Gasteiger partial charge is 0.481 e. The summed E-state index contributed by atoms with van der Waals surface area (Å²) in [6.45, 7) is 0. The molecule has 88 valence electrons. The van der Waals surface area contributed by atoms with Crippen molar-refractivity contribution >= 4 is 18.4 Å².